The number of hydrogen-bond acceptors (Lipinski definition) is 3. The van der Waals surface area contributed by atoms with E-state index in [1.54, 1.807) is 7.11 Å². The van der Waals surface area contributed by atoms with Gasteiger partial charge in [-0.05, 0) is 30.4 Å². The van der Waals surface area contributed by atoms with E-state index in [9.17, 15) is 0 Å². The monoisotopic (exact) mass is 258 g/mol. The van der Waals surface area contributed by atoms with Gasteiger partial charge in [0.1, 0.15) is 0 Å². The predicted molar refractivity (Wildman–Crippen MR) is 79.5 cm³/mol. The molecule has 0 radical (unpaired) electrons. The first-order valence-electron chi connectivity index (χ1n) is 6.83. The lowest BCUT2D eigenvalue weighted by molar-refractivity contribution is 0.118. The maximum absolute atomic E-state index is 5.24. The van der Waals surface area contributed by atoms with Crippen LogP contribution in [0.25, 0.3) is 0 Å². The van der Waals surface area contributed by atoms with Gasteiger partial charge in [-0.25, -0.2) is 0 Å². The molecule has 1 atom stereocenters. The Balaban J connectivity index is 2.07. The lowest BCUT2D eigenvalue weighted by Crippen LogP contribution is -2.28. The van der Waals surface area contributed by atoms with Gasteiger partial charge < -0.3 is 4.74 Å². The summed E-state index contributed by atoms with van der Waals surface area (Å²) in [5.74, 6) is 0. The Bertz CT molecular complexity index is 442. The average Bonchev–Trinajstić information content (AvgIpc) is 2.86. The zero-order valence-electron chi connectivity index (χ0n) is 11.6. The summed E-state index contributed by atoms with van der Waals surface area (Å²) in [6.07, 6.45) is 7.13. The van der Waals surface area contributed by atoms with Gasteiger partial charge >= 0.3 is 0 Å². The van der Waals surface area contributed by atoms with Crippen molar-refractivity contribution in [3.63, 3.8) is 0 Å². The number of benzene rings is 1. The minimum absolute atomic E-state index is 0.424. The molecule has 1 heterocycles. The molecular weight excluding hydrogens is 236 g/mol. The second kappa shape index (κ2) is 7.10. The van der Waals surface area contributed by atoms with Crippen LogP contribution in [0.1, 0.15) is 24.0 Å². The Kier molecular flexibility index (Phi) is 5.16. The molecule has 0 amide bonds. The summed E-state index contributed by atoms with van der Waals surface area (Å²) in [5.41, 5.74) is 2.44. The van der Waals surface area contributed by atoms with Crippen LogP contribution >= 0.6 is 0 Å². The van der Waals surface area contributed by atoms with Gasteiger partial charge in [0, 0.05) is 13.7 Å². The highest BCUT2D eigenvalue weighted by Gasteiger charge is 2.22. The molecule has 3 nitrogen and oxygen atoms in total. The highest BCUT2D eigenvalue weighted by atomic mass is 16.5. The van der Waals surface area contributed by atoms with Crippen molar-refractivity contribution in [3.05, 3.63) is 48.0 Å². The van der Waals surface area contributed by atoms with Crippen molar-refractivity contribution in [1.29, 1.82) is 0 Å². The van der Waals surface area contributed by atoms with E-state index in [-0.39, 0.29) is 0 Å². The third-order valence-corrected chi connectivity index (χ3v) is 3.47. The molecule has 2 rings (SSSR count). The van der Waals surface area contributed by atoms with Gasteiger partial charge in [0.2, 0.25) is 0 Å². The summed E-state index contributed by atoms with van der Waals surface area (Å²) in [7, 11) is 1.75. The first-order valence-corrected chi connectivity index (χ1v) is 6.83. The van der Waals surface area contributed by atoms with Crippen molar-refractivity contribution in [2.24, 2.45) is 5.10 Å². The summed E-state index contributed by atoms with van der Waals surface area (Å²) in [5, 5.41) is 6.78. The van der Waals surface area contributed by atoms with Crippen LogP contribution in [0.4, 0.5) is 0 Å². The van der Waals surface area contributed by atoms with Crippen LogP contribution in [-0.2, 0) is 11.2 Å². The number of nitrogens with zero attached hydrogens (tertiary/aromatic N) is 2. The zero-order chi connectivity index (χ0) is 13.5. The number of ether oxygens (including phenoxy) is 1. The molecule has 1 fully saturated rings. The number of allylic oxidation sites excluding steroid dienone is 1. The van der Waals surface area contributed by atoms with Gasteiger partial charge in [-0.2, -0.15) is 5.10 Å². The van der Waals surface area contributed by atoms with E-state index >= 15 is 0 Å². The molecule has 102 valence electrons. The van der Waals surface area contributed by atoms with Crippen molar-refractivity contribution < 1.29 is 4.74 Å². The van der Waals surface area contributed by atoms with E-state index < -0.39 is 0 Å². The minimum Gasteiger partial charge on any atom is -0.382 e. The summed E-state index contributed by atoms with van der Waals surface area (Å²) in [4.78, 5) is 0. The second-order valence-electron chi connectivity index (χ2n) is 4.85. The first kappa shape index (κ1) is 13.8. The van der Waals surface area contributed by atoms with Crippen LogP contribution in [0.5, 0.6) is 0 Å². The van der Waals surface area contributed by atoms with Gasteiger partial charge in [0.05, 0.1) is 18.9 Å². The van der Waals surface area contributed by atoms with E-state index in [1.165, 1.54) is 24.0 Å². The number of rotatable bonds is 6. The van der Waals surface area contributed by atoms with E-state index in [0.717, 1.165) is 19.6 Å². The van der Waals surface area contributed by atoms with Crippen LogP contribution in [0, 0.1) is 0 Å². The van der Waals surface area contributed by atoms with Gasteiger partial charge in [-0.15, -0.1) is 6.58 Å². The number of methoxy groups -OCH3 is 1. The smallest absolute Gasteiger partial charge is 0.0704 e. The van der Waals surface area contributed by atoms with Crippen LogP contribution in [0.15, 0.2) is 42.0 Å². The van der Waals surface area contributed by atoms with Crippen LogP contribution in [0.3, 0.4) is 0 Å². The van der Waals surface area contributed by atoms with Crippen molar-refractivity contribution in [2.45, 2.75) is 25.3 Å². The van der Waals surface area contributed by atoms with Crippen molar-refractivity contribution in [3.8, 4) is 0 Å². The molecule has 0 unspecified atom stereocenters. The summed E-state index contributed by atoms with van der Waals surface area (Å²) < 4.78 is 5.24. The first-order chi connectivity index (χ1) is 9.35. The zero-order valence-corrected chi connectivity index (χ0v) is 11.6. The van der Waals surface area contributed by atoms with Crippen LogP contribution in [0.2, 0.25) is 0 Å². The molecule has 1 aromatic carbocycles. The fourth-order valence-electron chi connectivity index (χ4n) is 2.47. The fraction of sp³-hybridized carbons (Fsp3) is 0.438. The van der Waals surface area contributed by atoms with E-state index in [2.05, 4.69) is 34.9 Å². The summed E-state index contributed by atoms with van der Waals surface area (Å²) in [6, 6.07) is 8.75. The highest BCUT2D eigenvalue weighted by Crippen LogP contribution is 2.18. The molecule has 1 aliphatic heterocycles. The topological polar surface area (TPSA) is 24.8 Å². The minimum atomic E-state index is 0.424. The Labute approximate surface area is 115 Å². The summed E-state index contributed by atoms with van der Waals surface area (Å²) >= 11 is 0. The molecule has 0 N–H and O–H groups in total. The quantitative estimate of drug-likeness (QED) is 0.579. The molecule has 0 bridgehead atoms. The molecular formula is C16H22N2O. The SMILES string of the molecule is C=CCc1ccccc1/C=N/N1CCC[C@H]1COC. The number of hydrazone groups is 1. The Morgan fingerprint density at radius 3 is 3.11 bits per heavy atom. The lowest BCUT2D eigenvalue weighted by atomic mass is 10.1. The van der Waals surface area contributed by atoms with Gasteiger partial charge in [-0.3, -0.25) is 5.01 Å². The van der Waals surface area contributed by atoms with Crippen molar-refractivity contribution >= 4 is 6.21 Å². The lowest BCUT2D eigenvalue weighted by Gasteiger charge is -2.20. The normalized spacial score (nSPS) is 19.2. The largest absolute Gasteiger partial charge is 0.382 e. The molecule has 0 saturated carbocycles. The molecule has 19 heavy (non-hydrogen) atoms. The third-order valence-electron chi connectivity index (χ3n) is 3.47. The van der Waals surface area contributed by atoms with E-state index in [0.29, 0.717) is 6.04 Å². The molecule has 0 aromatic heterocycles. The molecule has 0 aliphatic carbocycles. The average molecular weight is 258 g/mol. The molecule has 1 saturated heterocycles. The number of hydrogen-bond donors (Lipinski definition) is 0. The van der Waals surface area contributed by atoms with Crippen molar-refractivity contribution in [2.75, 3.05) is 20.3 Å². The fourth-order valence-corrected chi connectivity index (χ4v) is 2.47. The van der Waals surface area contributed by atoms with Crippen LogP contribution in [-0.4, -0.2) is 37.5 Å². The Morgan fingerprint density at radius 2 is 2.32 bits per heavy atom. The van der Waals surface area contributed by atoms with Gasteiger partial charge in [0.25, 0.3) is 0 Å². The van der Waals surface area contributed by atoms with E-state index in [1.807, 2.05) is 18.4 Å². The Hall–Kier alpha value is -1.61. The van der Waals surface area contributed by atoms with E-state index in [4.69, 9.17) is 4.74 Å². The predicted octanol–water partition coefficient (Wildman–Crippen LogP) is 2.86. The summed E-state index contributed by atoms with van der Waals surface area (Å²) in [6.45, 7) is 5.58. The third kappa shape index (κ3) is 3.67. The van der Waals surface area contributed by atoms with Crippen LogP contribution < -0.4 is 0 Å². The maximum Gasteiger partial charge on any atom is 0.0704 e. The maximum atomic E-state index is 5.24. The molecule has 1 aromatic rings. The highest BCUT2D eigenvalue weighted by molar-refractivity contribution is 5.81. The molecule has 1 aliphatic rings. The van der Waals surface area contributed by atoms with Crippen molar-refractivity contribution in [1.82, 2.24) is 5.01 Å². The second-order valence-corrected chi connectivity index (χ2v) is 4.85. The Morgan fingerprint density at radius 1 is 1.47 bits per heavy atom. The van der Waals surface area contributed by atoms with Gasteiger partial charge in [0.15, 0.2) is 0 Å². The standard InChI is InChI=1S/C16H22N2O/c1-3-7-14-8-4-5-9-15(14)12-17-18-11-6-10-16(18)13-19-2/h3-5,8-9,12,16H,1,6-7,10-11,13H2,2H3/b17-12+/t16-/m0/s1. The molecule has 0 spiro atoms. The van der Waals surface area contributed by atoms with Gasteiger partial charge in [-0.1, -0.05) is 30.3 Å². The molecule has 3 heteroatoms.